The predicted octanol–water partition coefficient (Wildman–Crippen LogP) is -0.198. The molecule has 0 bridgehead atoms. The smallest absolute Gasteiger partial charge is 0.416 e. The first-order chi connectivity index (χ1) is 3.29. The van der Waals surface area contributed by atoms with E-state index in [4.69, 9.17) is 5.11 Å². The van der Waals surface area contributed by atoms with Crippen LogP contribution in [0.15, 0.2) is 9.21 Å². The second-order valence-electron chi connectivity index (χ2n) is 0.817. The largest absolute Gasteiger partial charge is 0.465 e. The van der Waals surface area contributed by atoms with Crippen molar-refractivity contribution in [1.82, 2.24) is 4.37 Å². The van der Waals surface area contributed by atoms with E-state index in [0.717, 1.165) is 0 Å². The van der Waals surface area contributed by atoms with E-state index in [1.165, 1.54) is 0 Å². The van der Waals surface area contributed by atoms with Gasteiger partial charge in [-0.25, -0.2) is 4.79 Å². The minimum Gasteiger partial charge on any atom is -0.465 e. The van der Waals surface area contributed by atoms with Gasteiger partial charge in [0.05, 0.1) is 11.5 Å². The number of hydrogen-bond acceptors (Lipinski definition) is 5. The Labute approximate surface area is 42.2 Å². The summed E-state index contributed by atoms with van der Waals surface area (Å²) in [5, 5.41) is 8.19. The van der Waals surface area contributed by atoms with Gasteiger partial charge >= 0.3 is 11.0 Å². The van der Waals surface area contributed by atoms with Gasteiger partial charge in [0.25, 0.3) is 0 Å². The van der Waals surface area contributed by atoms with Crippen molar-refractivity contribution in [2.45, 2.75) is 0 Å². The van der Waals surface area contributed by atoms with Gasteiger partial charge in [-0.15, -0.1) is 4.37 Å². The number of hydrogen-bond donors (Lipinski definition) is 1. The molecule has 0 aromatic carbocycles. The van der Waals surface area contributed by atoms with E-state index in [1.54, 1.807) is 0 Å². The highest BCUT2D eigenvalue weighted by molar-refractivity contribution is 7.02. The van der Waals surface area contributed by atoms with Crippen molar-refractivity contribution in [3.63, 3.8) is 0 Å². The van der Waals surface area contributed by atoms with Crippen LogP contribution < -0.4 is 4.94 Å². The Morgan fingerprint density at radius 1 is 1.86 bits per heavy atom. The van der Waals surface area contributed by atoms with Gasteiger partial charge in [-0.3, -0.25) is 0 Å². The molecule has 0 saturated carbocycles. The Bertz CT molecular complexity index is 201. The van der Waals surface area contributed by atoms with Crippen LogP contribution in [0.1, 0.15) is 0 Å². The third-order valence-electron chi connectivity index (χ3n) is 0.373. The standard InChI is InChI=1S/C2HNO3S/c4-1-3-7-2(5)6-1/h(H,3,4). The van der Waals surface area contributed by atoms with Crippen molar-refractivity contribution < 1.29 is 9.52 Å². The minimum absolute atomic E-state index is 0.560. The maximum absolute atomic E-state index is 9.92. The molecule has 1 rings (SSSR count). The van der Waals surface area contributed by atoms with Gasteiger partial charge in [-0.1, -0.05) is 0 Å². The zero-order valence-electron chi connectivity index (χ0n) is 3.12. The monoisotopic (exact) mass is 119 g/mol. The molecule has 1 aromatic heterocycles. The van der Waals surface area contributed by atoms with Crippen LogP contribution in [-0.2, 0) is 0 Å². The molecule has 5 heteroatoms. The number of aromatic hydroxyl groups is 1. The summed E-state index contributed by atoms with van der Waals surface area (Å²) in [6.45, 7) is 0. The fourth-order valence-electron chi connectivity index (χ4n) is 0.188. The van der Waals surface area contributed by atoms with Gasteiger partial charge in [-0.05, 0) is 0 Å². The first-order valence-electron chi connectivity index (χ1n) is 1.45. The van der Waals surface area contributed by atoms with Crippen LogP contribution in [0, 0.1) is 0 Å². The summed E-state index contributed by atoms with van der Waals surface area (Å²) < 4.78 is 7.12. The Morgan fingerprint density at radius 3 is 2.71 bits per heavy atom. The van der Waals surface area contributed by atoms with Gasteiger partial charge in [0.2, 0.25) is 0 Å². The third kappa shape index (κ3) is 0.774. The first-order valence-corrected chi connectivity index (χ1v) is 2.22. The Kier molecular flexibility index (Phi) is 0.828. The summed E-state index contributed by atoms with van der Waals surface area (Å²) in [6.07, 6.45) is -0.560. The molecule has 0 unspecified atom stereocenters. The van der Waals surface area contributed by atoms with Crippen molar-refractivity contribution in [3.8, 4) is 6.08 Å². The van der Waals surface area contributed by atoms with E-state index >= 15 is 0 Å². The van der Waals surface area contributed by atoms with Crippen molar-refractivity contribution >= 4 is 11.5 Å². The van der Waals surface area contributed by atoms with E-state index in [9.17, 15) is 4.79 Å². The van der Waals surface area contributed by atoms with Crippen LogP contribution in [0.2, 0.25) is 0 Å². The minimum atomic E-state index is -0.586. The van der Waals surface area contributed by atoms with Crippen molar-refractivity contribution in [1.29, 1.82) is 0 Å². The second kappa shape index (κ2) is 1.34. The lowest BCUT2D eigenvalue weighted by Crippen LogP contribution is -1.79. The van der Waals surface area contributed by atoms with Gasteiger partial charge < -0.3 is 9.52 Å². The molecule has 1 heterocycles. The molecule has 0 atom stereocenters. The van der Waals surface area contributed by atoms with Gasteiger partial charge in [0, 0.05) is 0 Å². The highest BCUT2D eigenvalue weighted by Crippen LogP contribution is 1.97. The van der Waals surface area contributed by atoms with Crippen LogP contribution in [-0.4, -0.2) is 9.48 Å². The zero-order valence-corrected chi connectivity index (χ0v) is 3.94. The maximum atomic E-state index is 9.92. The Morgan fingerprint density at radius 2 is 2.57 bits per heavy atom. The lowest BCUT2D eigenvalue weighted by molar-refractivity contribution is 0.306. The topological polar surface area (TPSA) is 63.3 Å². The summed E-state index contributed by atoms with van der Waals surface area (Å²) in [5.74, 6) is 0. The fourth-order valence-corrected chi connectivity index (χ4v) is 0.490. The van der Waals surface area contributed by atoms with Crippen LogP contribution in [0.4, 0.5) is 0 Å². The van der Waals surface area contributed by atoms with E-state index < -0.39 is 11.0 Å². The van der Waals surface area contributed by atoms with Crippen LogP contribution in [0.5, 0.6) is 6.08 Å². The molecule has 4 nitrogen and oxygen atoms in total. The predicted molar refractivity (Wildman–Crippen MR) is 22.3 cm³/mol. The molecule has 0 aliphatic carbocycles. The van der Waals surface area contributed by atoms with Gasteiger partial charge in [0.15, 0.2) is 0 Å². The molecule has 0 fully saturated rings. The summed E-state index contributed by atoms with van der Waals surface area (Å²) in [5.41, 5.74) is 0. The van der Waals surface area contributed by atoms with Gasteiger partial charge in [-0.2, -0.15) is 0 Å². The highest BCUT2D eigenvalue weighted by Gasteiger charge is 1.92. The Hall–Kier alpha value is -0.840. The van der Waals surface area contributed by atoms with E-state index in [1.807, 2.05) is 0 Å². The second-order valence-corrected chi connectivity index (χ2v) is 1.52. The molecule has 0 spiro atoms. The fraction of sp³-hybridized carbons (Fsp3) is 0. The number of nitrogens with zero attached hydrogens (tertiary/aromatic N) is 1. The zero-order chi connectivity index (χ0) is 5.28. The summed E-state index contributed by atoms with van der Waals surface area (Å²) in [4.78, 5) is 9.33. The molecule has 0 saturated heterocycles. The van der Waals surface area contributed by atoms with E-state index in [2.05, 4.69) is 8.79 Å². The normalized spacial score (nSPS) is 9.14. The molecule has 38 valence electrons. The average molecular weight is 119 g/mol. The molecule has 1 N–H and O–H groups in total. The van der Waals surface area contributed by atoms with E-state index in [0.29, 0.717) is 11.5 Å². The lowest BCUT2D eigenvalue weighted by atomic mass is 11.4. The molecule has 7 heavy (non-hydrogen) atoms. The van der Waals surface area contributed by atoms with Gasteiger partial charge in [0.1, 0.15) is 0 Å². The maximum Gasteiger partial charge on any atom is 0.416 e. The van der Waals surface area contributed by atoms with Crippen LogP contribution in [0.3, 0.4) is 0 Å². The first kappa shape index (κ1) is 4.32. The molecule has 0 aliphatic heterocycles. The Balaban J connectivity index is 3.30. The van der Waals surface area contributed by atoms with Crippen molar-refractivity contribution in [3.05, 3.63) is 9.73 Å². The summed E-state index contributed by atoms with van der Waals surface area (Å²) in [6, 6.07) is 0. The van der Waals surface area contributed by atoms with Crippen LogP contribution in [0.25, 0.3) is 0 Å². The molecule has 0 aliphatic rings. The highest BCUT2D eigenvalue weighted by atomic mass is 32.1. The molecule has 1 aromatic rings. The summed E-state index contributed by atoms with van der Waals surface area (Å²) in [7, 11) is 0. The number of aromatic nitrogens is 1. The molecular weight excluding hydrogens is 118 g/mol. The average Bonchev–Trinajstić information content (AvgIpc) is 1.87. The SMILES string of the molecule is O=c1oc(O)ns1. The number of rotatable bonds is 0. The molecular formula is C2HNO3S. The quantitative estimate of drug-likeness (QED) is 0.513. The third-order valence-corrected chi connectivity index (χ3v) is 0.853. The lowest BCUT2D eigenvalue weighted by Gasteiger charge is -1.64. The molecule has 0 amide bonds. The molecule has 0 radical (unpaired) electrons. The van der Waals surface area contributed by atoms with Crippen molar-refractivity contribution in [2.75, 3.05) is 0 Å². The van der Waals surface area contributed by atoms with Crippen LogP contribution >= 0.6 is 11.5 Å². The van der Waals surface area contributed by atoms with Crippen molar-refractivity contribution in [2.24, 2.45) is 0 Å². The summed E-state index contributed by atoms with van der Waals surface area (Å²) >= 11 is 0.582. The van der Waals surface area contributed by atoms with E-state index in [-0.39, 0.29) is 0 Å².